The number of pyridine rings is 1. The van der Waals surface area contributed by atoms with Gasteiger partial charge in [-0.15, -0.1) is 0 Å². The Balaban J connectivity index is 2.20. The minimum Gasteiger partial charge on any atom is -0.591 e. The highest BCUT2D eigenvalue weighted by Gasteiger charge is 2.28. The lowest BCUT2D eigenvalue weighted by atomic mass is 9.91. The summed E-state index contributed by atoms with van der Waals surface area (Å²) in [4.78, 5) is 4.90. The van der Waals surface area contributed by atoms with E-state index in [1.165, 1.54) is 12.1 Å². The van der Waals surface area contributed by atoms with Gasteiger partial charge >= 0.3 is 0 Å². The predicted molar refractivity (Wildman–Crippen MR) is 114 cm³/mol. The van der Waals surface area contributed by atoms with Crippen molar-refractivity contribution < 1.29 is 13.7 Å². The van der Waals surface area contributed by atoms with Crippen LogP contribution in [0.3, 0.4) is 0 Å². The van der Waals surface area contributed by atoms with E-state index in [1.54, 1.807) is 6.92 Å². The van der Waals surface area contributed by atoms with Crippen LogP contribution in [0, 0.1) is 12.7 Å². The van der Waals surface area contributed by atoms with Crippen LogP contribution in [-0.4, -0.2) is 33.2 Å². The largest absolute Gasteiger partial charge is 0.591 e. The van der Waals surface area contributed by atoms with Crippen LogP contribution in [-0.2, 0) is 16.1 Å². The first-order valence-corrected chi connectivity index (χ1v) is 10.9. The molecule has 1 fully saturated rings. The molecule has 152 valence electrons. The van der Waals surface area contributed by atoms with E-state index in [0.717, 1.165) is 24.1 Å². The van der Waals surface area contributed by atoms with E-state index in [4.69, 9.17) is 21.3 Å². The number of aromatic nitrogens is 1. The Morgan fingerprint density at radius 1 is 1.32 bits per heavy atom. The Bertz CT molecular complexity index is 921. The molecule has 0 aliphatic carbocycles. The van der Waals surface area contributed by atoms with Crippen molar-refractivity contribution in [2.75, 3.05) is 13.2 Å². The molecule has 7 heteroatoms. The second kappa shape index (κ2) is 8.27. The molecule has 0 saturated carbocycles. The van der Waals surface area contributed by atoms with Crippen molar-refractivity contribution in [3.63, 3.8) is 0 Å². The molecule has 0 spiro atoms. The third kappa shape index (κ3) is 4.35. The number of halogens is 2. The van der Waals surface area contributed by atoms with Crippen molar-refractivity contribution in [3.8, 4) is 0 Å². The molecule has 1 saturated heterocycles. The monoisotopic (exact) mass is 424 g/mol. The van der Waals surface area contributed by atoms with Crippen molar-refractivity contribution in [3.05, 3.63) is 39.8 Å². The molecule has 2 aromatic rings. The van der Waals surface area contributed by atoms with Gasteiger partial charge in [0, 0.05) is 35.8 Å². The van der Waals surface area contributed by atoms with Gasteiger partial charge in [0.15, 0.2) is 0 Å². The zero-order chi connectivity index (χ0) is 20.6. The van der Waals surface area contributed by atoms with E-state index in [-0.39, 0.29) is 5.92 Å². The number of rotatable bonds is 3. The van der Waals surface area contributed by atoms with Crippen LogP contribution in [0.4, 0.5) is 4.39 Å². The Morgan fingerprint density at radius 2 is 1.96 bits per heavy atom. The number of hydrogen-bond acceptors (Lipinski definition) is 4. The zero-order valence-electron chi connectivity index (χ0n) is 16.9. The molecule has 2 heterocycles. The summed E-state index contributed by atoms with van der Waals surface area (Å²) in [5.74, 6) is -0.157. The second-order valence-corrected chi connectivity index (χ2v) is 10.5. The van der Waals surface area contributed by atoms with Crippen molar-refractivity contribution in [2.45, 2.75) is 58.1 Å². The van der Waals surface area contributed by atoms with Gasteiger partial charge in [-0.2, -0.15) is 0 Å². The maximum absolute atomic E-state index is 14.4. The lowest BCUT2D eigenvalue weighted by molar-refractivity contribution is 0.0844. The van der Waals surface area contributed by atoms with Crippen LogP contribution in [0.1, 0.15) is 63.3 Å². The molecule has 1 aliphatic rings. The fourth-order valence-corrected chi connectivity index (χ4v) is 4.22. The third-order valence-corrected chi connectivity index (χ3v) is 6.97. The molecular formula is C21H26ClFN2O2S. The van der Waals surface area contributed by atoms with Gasteiger partial charge < -0.3 is 9.29 Å². The van der Waals surface area contributed by atoms with E-state index in [1.807, 2.05) is 27.7 Å². The maximum Gasteiger partial charge on any atom is 0.144 e. The fourth-order valence-electron chi connectivity index (χ4n) is 3.36. The molecule has 0 amide bonds. The van der Waals surface area contributed by atoms with Crippen LogP contribution in [0.25, 0.3) is 10.9 Å². The number of nitrogens with zero attached hydrogens (tertiary/aromatic N) is 2. The van der Waals surface area contributed by atoms with Crippen molar-refractivity contribution in [1.82, 2.24) is 4.98 Å². The molecule has 0 N–H and O–H groups in total. The predicted octanol–water partition coefficient (Wildman–Crippen LogP) is 5.50. The fraction of sp³-hybridized carbons (Fsp3) is 0.524. The van der Waals surface area contributed by atoms with Gasteiger partial charge in [0.05, 0.1) is 16.3 Å². The molecule has 1 aromatic heterocycles. The normalized spacial score (nSPS) is 17.9. The Hall–Kier alpha value is -1.21. The van der Waals surface area contributed by atoms with E-state index >= 15 is 0 Å². The molecule has 1 aromatic carbocycles. The van der Waals surface area contributed by atoms with Crippen LogP contribution < -0.4 is 0 Å². The average Bonchev–Trinajstić information content (AvgIpc) is 2.64. The molecule has 0 radical (unpaired) electrons. The molecule has 1 aliphatic heterocycles. The number of hydrogen-bond donors (Lipinski definition) is 0. The van der Waals surface area contributed by atoms with Crippen molar-refractivity contribution in [2.24, 2.45) is 4.40 Å². The molecule has 28 heavy (non-hydrogen) atoms. The van der Waals surface area contributed by atoms with Crippen molar-refractivity contribution in [1.29, 1.82) is 0 Å². The minimum atomic E-state index is -1.45. The highest BCUT2D eigenvalue weighted by Crippen LogP contribution is 2.36. The topological polar surface area (TPSA) is 57.5 Å². The molecule has 4 nitrogen and oxygen atoms in total. The zero-order valence-corrected chi connectivity index (χ0v) is 18.5. The van der Waals surface area contributed by atoms with Crippen LogP contribution in [0.15, 0.2) is 16.5 Å². The highest BCUT2D eigenvalue weighted by molar-refractivity contribution is 7.91. The van der Waals surface area contributed by atoms with E-state index in [0.29, 0.717) is 40.4 Å². The van der Waals surface area contributed by atoms with Gasteiger partial charge in [-0.25, -0.2) is 4.39 Å². The van der Waals surface area contributed by atoms with E-state index < -0.39 is 21.9 Å². The average molecular weight is 425 g/mol. The lowest BCUT2D eigenvalue weighted by Gasteiger charge is -2.24. The number of ether oxygens (including phenoxy) is 1. The van der Waals surface area contributed by atoms with Gasteiger partial charge in [-0.1, -0.05) is 16.0 Å². The van der Waals surface area contributed by atoms with Gasteiger partial charge in [0.25, 0.3) is 0 Å². The standard InChI is InChI=1S/C21H26ClFN2O2S/c1-12-18(22)17-11-15(23)10-16(13(2)25-28(26)21(3,4)5)20(17)24-19(12)14-6-8-27-9-7-14/h10-11,14H,6-9H2,1-5H3. The molecule has 1 unspecified atom stereocenters. The van der Waals surface area contributed by atoms with Gasteiger partial charge in [0.2, 0.25) is 0 Å². The van der Waals surface area contributed by atoms with Crippen molar-refractivity contribution >= 4 is 39.6 Å². The smallest absolute Gasteiger partial charge is 0.144 e. The van der Waals surface area contributed by atoms with Crippen LogP contribution in [0.5, 0.6) is 0 Å². The minimum absolute atomic E-state index is 0.259. The maximum atomic E-state index is 14.4. The summed E-state index contributed by atoms with van der Waals surface area (Å²) in [5.41, 5.74) is 3.43. The first-order valence-electron chi connectivity index (χ1n) is 9.44. The third-order valence-electron chi connectivity index (χ3n) is 5.00. The summed E-state index contributed by atoms with van der Waals surface area (Å²) in [5, 5.41) is 1.07. The Morgan fingerprint density at radius 3 is 2.57 bits per heavy atom. The lowest BCUT2D eigenvalue weighted by Crippen LogP contribution is -2.26. The second-order valence-electron chi connectivity index (χ2n) is 8.21. The summed E-state index contributed by atoms with van der Waals surface area (Å²) < 4.78 is 36.1. The van der Waals surface area contributed by atoms with E-state index in [9.17, 15) is 8.94 Å². The summed E-state index contributed by atoms with van der Waals surface area (Å²) >= 11 is 5.19. The molecule has 3 rings (SSSR count). The first-order chi connectivity index (χ1) is 13.1. The summed E-state index contributed by atoms with van der Waals surface area (Å²) in [7, 11) is 0. The Labute approximate surface area is 173 Å². The molecule has 1 atom stereocenters. The Kier molecular flexibility index (Phi) is 6.35. The SMILES string of the molecule is CC(=N[S+]([O-])C(C)(C)C)c1cc(F)cc2c(Cl)c(C)c(C3CCOCC3)nc12. The van der Waals surface area contributed by atoms with Crippen LogP contribution >= 0.6 is 11.6 Å². The first kappa shape index (κ1) is 21.5. The quantitative estimate of drug-likeness (QED) is 0.482. The van der Waals surface area contributed by atoms with Gasteiger partial charge in [0.1, 0.15) is 21.9 Å². The number of benzene rings is 1. The highest BCUT2D eigenvalue weighted by atomic mass is 35.5. The van der Waals surface area contributed by atoms with E-state index in [2.05, 4.69) is 4.40 Å². The summed E-state index contributed by atoms with van der Waals surface area (Å²) in [6, 6.07) is 2.80. The van der Waals surface area contributed by atoms with Crippen LogP contribution in [0.2, 0.25) is 5.02 Å². The van der Waals surface area contributed by atoms with Gasteiger partial charge in [-0.3, -0.25) is 4.98 Å². The van der Waals surface area contributed by atoms with Gasteiger partial charge in [-0.05, 0) is 65.2 Å². The molecule has 0 bridgehead atoms. The molecular weight excluding hydrogens is 399 g/mol. The summed E-state index contributed by atoms with van der Waals surface area (Å²) in [6.45, 7) is 10.6. The number of fused-ring (bicyclic) bond motifs is 1. The summed E-state index contributed by atoms with van der Waals surface area (Å²) in [6.07, 6.45) is 1.76.